The van der Waals surface area contributed by atoms with E-state index in [1.54, 1.807) is 0 Å². The van der Waals surface area contributed by atoms with Gasteiger partial charge in [-0.15, -0.1) is 0 Å². The van der Waals surface area contributed by atoms with Crippen LogP contribution in [-0.4, -0.2) is 5.25 Å². The van der Waals surface area contributed by atoms with Crippen LogP contribution in [0.3, 0.4) is 0 Å². The molecule has 1 aliphatic rings. The lowest BCUT2D eigenvalue weighted by molar-refractivity contribution is 0.182. The van der Waals surface area contributed by atoms with Crippen molar-refractivity contribution in [1.29, 1.82) is 5.26 Å². The van der Waals surface area contributed by atoms with Crippen LogP contribution in [0, 0.1) is 22.0 Å². The molecular weight excluding hydrogens is 178 g/mol. The van der Waals surface area contributed by atoms with Crippen LogP contribution in [0.5, 0.6) is 0 Å². The summed E-state index contributed by atoms with van der Waals surface area (Å²) in [4.78, 5) is 0. The average Bonchev–Trinajstić information content (AvgIpc) is 2.04. The van der Waals surface area contributed by atoms with Crippen LogP contribution >= 0.6 is 11.8 Å². The monoisotopic (exact) mass is 197 g/mol. The summed E-state index contributed by atoms with van der Waals surface area (Å²) in [6.45, 7) is 6.99. The maximum atomic E-state index is 8.56. The molecule has 0 bridgehead atoms. The minimum atomic E-state index is 0.461. The number of rotatable bonds is 1. The van der Waals surface area contributed by atoms with Crippen LogP contribution in [0.1, 0.15) is 46.5 Å². The third-order valence-corrected chi connectivity index (χ3v) is 4.03. The van der Waals surface area contributed by atoms with Crippen molar-refractivity contribution >= 4 is 11.8 Å². The highest BCUT2D eigenvalue weighted by Crippen LogP contribution is 2.40. The van der Waals surface area contributed by atoms with Gasteiger partial charge in [-0.05, 0) is 48.8 Å². The van der Waals surface area contributed by atoms with Gasteiger partial charge < -0.3 is 0 Å². The van der Waals surface area contributed by atoms with E-state index in [-0.39, 0.29) is 0 Å². The molecule has 1 aliphatic carbocycles. The van der Waals surface area contributed by atoms with Gasteiger partial charge in [0.2, 0.25) is 0 Å². The second-order valence-corrected chi connectivity index (χ2v) is 6.13. The number of hydrogen-bond donors (Lipinski definition) is 0. The highest BCUT2D eigenvalue weighted by molar-refractivity contribution is 8.04. The quantitative estimate of drug-likeness (QED) is 0.597. The molecule has 74 valence electrons. The van der Waals surface area contributed by atoms with E-state index in [1.165, 1.54) is 37.4 Å². The molecule has 0 aliphatic heterocycles. The lowest BCUT2D eigenvalue weighted by atomic mass is 9.72. The van der Waals surface area contributed by atoms with Crippen molar-refractivity contribution in [3.05, 3.63) is 0 Å². The standard InChI is InChI=1S/C11H19NS/c1-11(2,3)9-4-6-10(7-5-9)13-8-12/h9-10H,4-7H2,1-3H3/t9-,10-. The van der Waals surface area contributed by atoms with Crippen LogP contribution in [0.4, 0.5) is 0 Å². The zero-order valence-corrected chi connectivity index (χ0v) is 9.66. The predicted octanol–water partition coefficient (Wildman–Crippen LogP) is 3.81. The van der Waals surface area contributed by atoms with Gasteiger partial charge in [0, 0.05) is 5.25 Å². The van der Waals surface area contributed by atoms with E-state index < -0.39 is 0 Å². The average molecular weight is 197 g/mol. The molecule has 0 aromatic rings. The van der Waals surface area contributed by atoms with E-state index in [9.17, 15) is 0 Å². The molecule has 0 radical (unpaired) electrons. The Labute approximate surface area is 85.9 Å². The maximum absolute atomic E-state index is 8.56. The highest BCUT2D eigenvalue weighted by atomic mass is 32.2. The number of thioether (sulfide) groups is 1. The summed E-state index contributed by atoms with van der Waals surface area (Å²) in [6.07, 6.45) is 5.09. The Balaban J connectivity index is 2.36. The topological polar surface area (TPSA) is 23.8 Å². The van der Waals surface area contributed by atoms with Crippen molar-refractivity contribution in [2.24, 2.45) is 11.3 Å². The molecule has 0 saturated heterocycles. The van der Waals surface area contributed by atoms with Gasteiger partial charge in [-0.3, -0.25) is 0 Å². The molecule has 0 aromatic carbocycles. The summed E-state index contributed by atoms with van der Waals surface area (Å²) in [7, 11) is 0. The normalized spacial score (nSPS) is 29.7. The van der Waals surface area contributed by atoms with E-state index in [0.717, 1.165) is 5.92 Å². The first-order valence-electron chi connectivity index (χ1n) is 5.09. The third kappa shape index (κ3) is 3.23. The third-order valence-electron chi connectivity index (χ3n) is 3.12. The highest BCUT2D eigenvalue weighted by Gasteiger charge is 2.29. The van der Waals surface area contributed by atoms with Crippen LogP contribution in [-0.2, 0) is 0 Å². The lowest BCUT2D eigenvalue weighted by Gasteiger charge is -2.36. The van der Waals surface area contributed by atoms with Crippen LogP contribution in [0.2, 0.25) is 0 Å². The van der Waals surface area contributed by atoms with E-state index in [4.69, 9.17) is 5.26 Å². The molecule has 0 atom stereocenters. The molecule has 0 heterocycles. The lowest BCUT2D eigenvalue weighted by Crippen LogP contribution is -2.26. The Morgan fingerprint density at radius 2 is 1.69 bits per heavy atom. The molecule has 1 rings (SSSR count). The summed E-state index contributed by atoms with van der Waals surface area (Å²) in [5.74, 6) is 0.864. The SMILES string of the molecule is CC(C)(C)[C@H]1CC[C@H](SC#N)CC1. The Hall–Kier alpha value is -0.160. The van der Waals surface area contributed by atoms with Crippen LogP contribution in [0.25, 0.3) is 0 Å². The minimum absolute atomic E-state index is 0.461. The zero-order valence-electron chi connectivity index (χ0n) is 8.84. The van der Waals surface area contributed by atoms with Crippen molar-refractivity contribution in [3.8, 4) is 5.40 Å². The van der Waals surface area contributed by atoms with E-state index in [1.807, 2.05) is 0 Å². The summed E-state index contributed by atoms with van der Waals surface area (Å²) in [5.41, 5.74) is 0.461. The molecule has 1 fully saturated rings. The Bertz CT molecular complexity index is 191. The summed E-state index contributed by atoms with van der Waals surface area (Å²) in [6, 6.07) is 0. The van der Waals surface area contributed by atoms with Gasteiger partial charge in [0.05, 0.1) is 0 Å². The van der Waals surface area contributed by atoms with Crippen LogP contribution in [0.15, 0.2) is 0 Å². The van der Waals surface area contributed by atoms with Gasteiger partial charge in [0.1, 0.15) is 5.40 Å². The number of thiocyanates is 1. The van der Waals surface area contributed by atoms with Gasteiger partial charge in [0.15, 0.2) is 0 Å². The first-order chi connectivity index (χ1) is 6.04. The van der Waals surface area contributed by atoms with E-state index >= 15 is 0 Å². The zero-order chi connectivity index (χ0) is 9.90. The fourth-order valence-corrected chi connectivity index (χ4v) is 2.78. The molecule has 0 aromatic heterocycles. The van der Waals surface area contributed by atoms with Gasteiger partial charge >= 0.3 is 0 Å². The molecule has 0 unspecified atom stereocenters. The Morgan fingerprint density at radius 1 is 1.15 bits per heavy atom. The smallest absolute Gasteiger partial charge is 0.133 e. The summed E-state index contributed by atoms with van der Waals surface area (Å²) < 4.78 is 0. The molecule has 1 saturated carbocycles. The summed E-state index contributed by atoms with van der Waals surface area (Å²) in [5, 5.41) is 11.4. The molecular formula is C11H19NS. The van der Waals surface area contributed by atoms with Crippen molar-refractivity contribution < 1.29 is 0 Å². The van der Waals surface area contributed by atoms with Crippen molar-refractivity contribution in [2.75, 3.05) is 0 Å². The first kappa shape index (κ1) is 10.9. The van der Waals surface area contributed by atoms with Crippen molar-refractivity contribution in [3.63, 3.8) is 0 Å². The second-order valence-electron chi connectivity index (χ2n) is 5.05. The fraction of sp³-hybridized carbons (Fsp3) is 0.909. The number of nitriles is 1. The Morgan fingerprint density at radius 3 is 2.08 bits per heavy atom. The van der Waals surface area contributed by atoms with Gasteiger partial charge in [-0.25, -0.2) is 0 Å². The second kappa shape index (κ2) is 4.37. The maximum Gasteiger partial charge on any atom is 0.133 e. The minimum Gasteiger partial charge on any atom is -0.185 e. The largest absolute Gasteiger partial charge is 0.185 e. The number of nitrogens with zero attached hydrogens (tertiary/aromatic N) is 1. The number of hydrogen-bond acceptors (Lipinski definition) is 2. The van der Waals surface area contributed by atoms with E-state index in [2.05, 4.69) is 26.2 Å². The van der Waals surface area contributed by atoms with E-state index in [0.29, 0.717) is 10.7 Å². The van der Waals surface area contributed by atoms with Gasteiger partial charge in [0.25, 0.3) is 0 Å². The molecule has 13 heavy (non-hydrogen) atoms. The van der Waals surface area contributed by atoms with Crippen molar-refractivity contribution in [2.45, 2.75) is 51.7 Å². The molecule has 0 amide bonds. The summed E-state index contributed by atoms with van der Waals surface area (Å²) >= 11 is 1.47. The van der Waals surface area contributed by atoms with Crippen molar-refractivity contribution in [1.82, 2.24) is 0 Å². The molecule has 0 spiro atoms. The van der Waals surface area contributed by atoms with Crippen LogP contribution < -0.4 is 0 Å². The molecule has 1 nitrogen and oxygen atoms in total. The Kier molecular flexibility index (Phi) is 3.67. The van der Waals surface area contributed by atoms with Gasteiger partial charge in [-0.2, -0.15) is 5.26 Å². The fourth-order valence-electron chi connectivity index (χ4n) is 2.12. The van der Waals surface area contributed by atoms with Gasteiger partial charge in [-0.1, -0.05) is 20.8 Å². The predicted molar refractivity (Wildman–Crippen MR) is 58.4 cm³/mol. The first-order valence-corrected chi connectivity index (χ1v) is 5.96. The molecule has 0 N–H and O–H groups in total. The molecule has 2 heteroatoms.